The van der Waals surface area contributed by atoms with E-state index in [2.05, 4.69) is 20.3 Å². The molecular weight excluding hydrogens is 442 g/mol. The number of carbonyl (C=O) groups is 1. The molecule has 180 valence electrons. The maximum atomic E-state index is 13.1. The molecule has 4 rings (SSSR count). The van der Waals surface area contributed by atoms with Crippen LogP contribution in [-0.2, 0) is 16.1 Å². The number of amides is 1. The monoisotopic (exact) mass is 470 g/mol. The Morgan fingerprint density at radius 1 is 1.00 bits per heavy atom. The molecule has 0 spiro atoms. The molecule has 1 amide bonds. The van der Waals surface area contributed by atoms with Crippen LogP contribution in [0.5, 0.6) is 0 Å². The molecule has 0 aliphatic carbocycles. The van der Waals surface area contributed by atoms with E-state index in [4.69, 9.17) is 9.26 Å². The molecular formula is C25H28F2N4O3. The first-order valence-electron chi connectivity index (χ1n) is 11.4. The quantitative estimate of drug-likeness (QED) is 0.458. The van der Waals surface area contributed by atoms with Gasteiger partial charge in [-0.2, -0.15) is 0 Å². The first-order chi connectivity index (χ1) is 16.6. The number of carbonyl (C=O) groups excluding carboxylic acids is 1. The van der Waals surface area contributed by atoms with Gasteiger partial charge in [-0.15, -0.1) is 0 Å². The lowest BCUT2D eigenvalue weighted by molar-refractivity contribution is -0.126. The third-order valence-corrected chi connectivity index (χ3v) is 5.71. The zero-order chi connectivity index (χ0) is 23.8. The summed E-state index contributed by atoms with van der Waals surface area (Å²) in [6.07, 6.45) is 0.854. The van der Waals surface area contributed by atoms with Gasteiger partial charge >= 0.3 is 0 Å². The van der Waals surface area contributed by atoms with Gasteiger partial charge < -0.3 is 19.5 Å². The van der Waals surface area contributed by atoms with Gasteiger partial charge in [0.1, 0.15) is 23.9 Å². The minimum Gasteiger partial charge on any atom is -0.369 e. The van der Waals surface area contributed by atoms with Crippen LogP contribution in [0, 0.1) is 11.6 Å². The average Bonchev–Trinajstić information content (AvgIpc) is 3.32. The van der Waals surface area contributed by atoms with Crippen LogP contribution in [0.25, 0.3) is 11.3 Å². The molecule has 1 fully saturated rings. The highest BCUT2D eigenvalue weighted by molar-refractivity contribution is 5.77. The second-order valence-electron chi connectivity index (χ2n) is 8.19. The zero-order valence-corrected chi connectivity index (χ0v) is 18.9. The highest BCUT2D eigenvalue weighted by Gasteiger charge is 2.17. The molecule has 0 bridgehead atoms. The fraction of sp³-hybridized carbons (Fsp3) is 0.360. The Kier molecular flexibility index (Phi) is 8.21. The molecule has 0 saturated carbocycles. The third-order valence-electron chi connectivity index (χ3n) is 5.71. The molecule has 1 N–H and O–H groups in total. The lowest BCUT2D eigenvalue weighted by Gasteiger charge is -2.36. The van der Waals surface area contributed by atoms with Crippen LogP contribution in [0.3, 0.4) is 0 Å². The van der Waals surface area contributed by atoms with Crippen LogP contribution in [0.15, 0.2) is 59.1 Å². The smallest absolute Gasteiger partial charge is 0.246 e. The van der Waals surface area contributed by atoms with E-state index >= 15 is 0 Å². The summed E-state index contributed by atoms with van der Waals surface area (Å²) in [5.74, 6) is -0.198. The molecule has 2 aromatic carbocycles. The Hall–Kier alpha value is -3.30. The Balaban J connectivity index is 1.07. The molecule has 1 aliphatic heterocycles. The number of anilines is 1. The number of aromatic nitrogens is 1. The Morgan fingerprint density at radius 2 is 1.68 bits per heavy atom. The predicted molar refractivity (Wildman–Crippen MR) is 124 cm³/mol. The Morgan fingerprint density at radius 3 is 2.38 bits per heavy atom. The normalized spacial score (nSPS) is 14.4. The molecule has 1 saturated heterocycles. The maximum Gasteiger partial charge on any atom is 0.246 e. The molecule has 2 heterocycles. The first-order valence-corrected chi connectivity index (χ1v) is 11.4. The van der Waals surface area contributed by atoms with Crippen molar-refractivity contribution in [3.8, 4) is 11.3 Å². The molecule has 0 atom stereocenters. The van der Waals surface area contributed by atoms with Crippen LogP contribution in [0.2, 0.25) is 0 Å². The van der Waals surface area contributed by atoms with Gasteiger partial charge in [-0.25, -0.2) is 8.78 Å². The second kappa shape index (κ2) is 11.7. The number of nitrogens with zero attached hydrogens (tertiary/aromatic N) is 3. The highest BCUT2D eigenvalue weighted by atomic mass is 19.1. The summed E-state index contributed by atoms with van der Waals surface area (Å²) in [6.45, 7) is 5.25. The van der Waals surface area contributed by atoms with Gasteiger partial charge in [0.25, 0.3) is 0 Å². The van der Waals surface area contributed by atoms with Crippen LogP contribution in [0.4, 0.5) is 14.5 Å². The van der Waals surface area contributed by atoms with E-state index < -0.39 is 0 Å². The number of ether oxygens (including phenoxy) is 1. The third kappa shape index (κ3) is 6.85. The number of benzene rings is 2. The van der Waals surface area contributed by atoms with Crippen molar-refractivity contribution in [2.24, 2.45) is 0 Å². The topological polar surface area (TPSA) is 70.8 Å². The van der Waals surface area contributed by atoms with Crippen molar-refractivity contribution in [3.63, 3.8) is 0 Å². The van der Waals surface area contributed by atoms with E-state index in [-0.39, 0.29) is 30.8 Å². The molecule has 3 aromatic rings. The SMILES string of the molecule is O=C(COCc1cc(-c2ccc(F)cc2)on1)NCCCN1CCN(c2ccc(F)cc2)CC1. The van der Waals surface area contributed by atoms with Crippen LogP contribution >= 0.6 is 0 Å². The predicted octanol–water partition coefficient (Wildman–Crippen LogP) is 3.46. The minimum atomic E-state index is -0.317. The summed E-state index contributed by atoms with van der Waals surface area (Å²) in [4.78, 5) is 16.6. The molecule has 0 unspecified atom stereocenters. The summed E-state index contributed by atoms with van der Waals surface area (Å²) in [7, 11) is 0. The van der Waals surface area contributed by atoms with Crippen molar-refractivity contribution in [2.75, 3.05) is 50.8 Å². The molecule has 1 aromatic heterocycles. The molecule has 34 heavy (non-hydrogen) atoms. The van der Waals surface area contributed by atoms with Crippen molar-refractivity contribution in [3.05, 3.63) is 71.9 Å². The van der Waals surface area contributed by atoms with Gasteiger partial charge in [0.15, 0.2) is 5.76 Å². The van der Waals surface area contributed by atoms with Crippen molar-refractivity contribution in [1.29, 1.82) is 0 Å². The maximum absolute atomic E-state index is 13.1. The molecule has 0 radical (unpaired) electrons. The van der Waals surface area contributed by atoms with Gasteiger partial charge in [0.05, 0.1) is 6.61 Å². The first kappa shape index (κ1) is 23.8. The van der Waals surface area contributed by atoms with Crippen LogP contribution < -0.4 is 10.2 Å². The Bertz CT molecular complexity index is 1050. The van der Waals surface area contributed by atoms with Crippen molar-refractivity contribution in [2.45, 2.75) is 13.0 Å². The van der Waals surface area contributed by atoms with Gasteiger partial charge in [-0.3, -0.25) is 9.69 Å². The van der Waals surface area contributed by atoms with Crippen LogP contribution in [-0.4, -0.2) is 61.8 Å². The standard InChI is InChI=1S/C25H28F2N4O3/c26-20-4-2-19(3-5-20)24-16-22(29-34-24)17-33-18-25(32)28-10-1-11-30-12-14-31(15-13-30)23-8-6-21(27)7-9-23/h2-9,16H,1,10-15,17-18H2,(H,28,32). The molecule has 7 nitrogen and oxygen atoms in total. The number of hydrogen-bond acceptors (Lipinski definition) is 6. The molecule has 1 aliphatic rings. The summed E-state index contributed by atoms with van der Waals surface area (Å²) in [5.41, 5.74) is 2.33. The Labute approximate surface area is 197 Å². The van der Waals surface area contributed by atoms with E-state index in [9.17, 15) is 13.6 Å². The summed E-state index contributed by atoms with van der Waals surface area (Å²) >= 11 is 0. The lowest BCUT2D eigenvalue weighted by Crippen LogP contribution is -2.47. The highest BCUT2D eigenvalue weighted by Crippen LogP contribution is 2.21. The van der Waals surface area contributed by atoms with E-state index in [1.54, 1.807) is 18.2 Å². The van der Waals surface area contributed by atoms with Gasteiger partial charge in [0, 0.05) is 50.0 Å². The minimum absolute atomic E-state index is 0.0604. The lowest BCUT2D eigenvalue weighted by atomic mass is 10.1. The molecule has 9 heteroatoms. The summed E-state index contributed by atoms with van der Waals surface area (Å²) in [5, 5.41) is 6.79. The number of nitrogens with one attached hydrogen (secondary N) is 1. The van der Waals surface area contributed by atoms with Crippen molar-refractivity contribution < 1.29 is 22.8 Å². The number of piperazine rings is 1. The zero-order valence-electron chi connectivity index (χ0n) is 18.9. The van der Waals surface area contributed by atoms with Gasteiger partial charge in [-0.1, -0.05) is 5.16 Å². The van der Waals surface area contributed by atoms with E-state index in [0.29, 0.717) is 18.0 Å². The fourth-order valence-corrected chi connectivity index (χ4v) is 3.84. The van der Waals surface area contributed by atoms with Crippen molar-refractivity contribution >= 4 is 11.6 Å². The number of hydrogen-bond donors (Lipinski definition) is 1. The van der Waals surface area contributed by atoms with E-state index in [1.807, 2.05) is 12.1 Å². The average molecular weight is 471 g/mol. The summed E-state index contributed by atoms with van der Waals surface area (Å²) < 4.78 is 36.8. The van der Waals surface area contributed by atoms with Gasteiger partial charge in [-0.05, 0) is 61.5 Å². The fourth-order valence-electron chi connectivity index (χ4n) is 3.84. The van der Waals surface area contributed by atoms with Crippen molar-refractivity contribution in [1.82, 2.24) is 15.4 Å². The number of rotatable bonds is 10. The van der Waals surface area contributed by atoms with Crippen LogP contribution in [0.1, 0.15) is 12.1 Å². The summed E-state index contributed by atoms with van der Waals surface area (Å²) in [6, 6.07) is 14.2. The number of halogens is 2. The second-order valence-corrected chi connectivity index (χ2v) is 8.19. The van der Waals surface area contributed by atoms with Gasteiger partial charge in [0.2, 0.25) is 5.91 Å². The van der Waals surface area contributed by atoms with E-state index in [1.165, 1.54) is 24.3 Å². The largest absolute Gasteiger partial charge is 0.369 e. The van der Waals surface area contributed by atoms with E-state index in [0.717, 1.165) is 50.4 Å².